The van der Waals surface area contributed by atoms with Crippen molar-refractivity contribution in [2.45, 2.75) is 37.2 Å². The molecule has 0 radical (unpaired) electrons. The van der Waals surface area contributed by atoms with E-state index in [9.17, 15) is 5.11 Å². The molecule has 0 spiro atoms. The van der Waals surface area contributed by atoms with Gasteiger partial charge in [0.2, 0.25) is 5.95 Å². The molecular formula is C10H17N3OS. The van der Waals surface area contributed by atoms with Crippen LogP contribution in [-0.2, 0) is 0 Å². The number of aromatic nitrogens is 2. The Labute approximate surface area is 94.5 Å². The van der Waals surface area contributed by atoms with Crippen molar-refractivity contribution in [1.82, 2.24) is 9.97 Å². The van der Waals surface area contributed by atoms with Crippen LogP contribution in [0, 0.1) is 0 Å². The van der Waals surface area contributed by atoms with Crippen molar-refractivity contribution >= 4 is 17.7 Å². The maximum atomic E-state index is 9.38. The van der Waals surface area contributed by atoms with Gasteiger partial charge in [-0.05, 0) is 19.9 Å². The summed E-state index contributed by atoms with van der Waals surface area (Å²) in [6.45, 7) is 6.57. The standard InChI is InChI=1S/C10H17N3OS/c1-4-11-10-12-6-5-9(13-10)15-8(3)7(2)14/h5-8,14H,4H2,1-3H3,(H,11,12,13). The monoisotopic (exact) mass is 227 g/mol. The first kappa shape index (κ1) is 12.3. The highest BCUT2D eigenvalue weighted by Gasteiger charge is 2.11. The van der Waals surface area contributed by atoms with Gasteiger partial charge in [0, 0.05) is 18.0 Å². The number of aliphatic hydroxyl groups excluding tert-OH is 1. The lowest BCUT2D eigenvalue weighted by atomic mass is 10.3. The maximum absolute atomic E-state index is 9.38. The van der Waals surface area contributed by atoms with E-state index < -0.39 is 0 Å². The Morgan fingerprint density at radius 2 is 2.27 bits per heavy atom. The minimum Gasteiger partial charge on any atom is -0.392 e. The first-order valence-corrected chi connectivity index (χ1v) is 5.93. The second-order valence-electron chi connectivity index (χ2n) is 3.31. The molecule has 15 heavy (non-hydrogen) atoms. The summed E-state index contributed by atoms with van der Waals surface area (Å²) in [6, 6.07) is 1.85. The number of hydrogen-bond acceptors (Lipinski definition) is 5. The van der Waals surface area contributed by atoms with Gasteiger partial charge in [-0.2, -0.15) is 0 Å². The summed E-state index contributed by atoms with van der Waals surface area (Å²) < 4.78 is 0. The normalized spacial score (nSPS) is 14.7. The number of aliphatic hydroxyl groups is 1. The van der Waals surface area contributed by atoms with Crippen LogP contribution in [0.25, 0.3) is 0 Å². The number of nitrogens with one attached hydrogen (secondary N) is 1. The Bertz CT molecular complexity index is 306. The van der Waals surface area contributed by atoms with Gasteiger partial charge in [0.05, 0.1) is 6.10 Å². The summed E-state index contributed by atoms with van der Waals surface area (Å²) in [6.07, 6.45) is 1.38. The zero-order valence-corrected chi connectivity index (χ0v) is 10.1. The van der Waals surface area contributed by atoms with Crippen LogP contribution in [0.5, 0.6) is 0 Å². The predicted molar refractivity (Wildman–Crippen MR) is 63.2 cm³/mol. The van der Waals surface area contributed by atoms with Gasteiger partial charge in [0.15, 0.2) is 0 Å². The van der Waals surface area contributed by atoms with E-state index in [-0.39, 0.29) is 11.4 Å². The molecule has 0 aliphatic carbocycles. The molecule has 0 saturated carbocycles. The van der Waals surface area contributed by atoms with Crippen molar-refractivity contribution < 1.29 is 5.11 Å². The van der Waals surface area contributed by atoms with E-state index in [1.807, 2.05) is 19.9 Å². The predicted octanol–water partition coefficient (Wildman–Crippen LogP) is 1.77. The van der Waals surface area contributed by atoms with Crippen LogP contribution in [0.3, 0.4) is 0 Å². The van der Waals surface area contributed by atoms with Crippen LogP contribution >= 0.6 is 11.8 Å². The third kappa shape index (κ3) is 4.05. The number of thioether (sulfide) groups is 1. The van der Waals surface area contributed by atoms with Gasteiger partial charge in [-0.25, -0.2) is 9.97 Å². The zero-order valence-electron chi connectivity index (χ0n) is 9.27. The van der Waals surface area contributed by atoms with Gasteiger partial charge < -0.3 is 10.4 Å². The number of hydrogen-bond donors (Lipinski definition) is 2. The lowest BCUT2D eigenvalue weighted by Crippen LogP contribution is -2.15. The van der Waals surface area contributed by atoms with Crippen molar-refractivity contribution in [1.29, 1.82) is 0 Å². The van der Waals surface area contributed by atoms with Crippen molar-refractivity contribution in [3.63, 3.8) is 0 Å². The molecule has 1 heterocycles. The number of anilines is 1. The van der Waals surface area contributed by atoms with Crippen molar-refractivity contribution in [3.8, 4) is 0 Å². The van der Waals surface area contributed by atoms with Crippen LogP contribution in [0.1, 0.15) is 20.8 Å². The minimum absolute atomic E-state index is 0.134. The third-order valence-corrected chi connectivity index (χ3v) is 3.19. The fourth-order valence-electron chi connectivity index (χ4n) is 0.940. The lowest BCUT2D eigenvalue weighted by molar-refractivity contribution is 0.196. The van der Waals surface area contributed by atoms with Crippen molar-refractivity contribution in [2.24, 2.45) is 0 Å². The zero-order chi connectivity index (χ0) is 11.3. The van der Waals surface area contributed by atoms with Gasteiger partial charge in [-0.3, -0.25) is 0 Å². The molecule has 5 heteroatoms. The average molecular weight is 227 g/mol. The first-order chi connectivity index (χ1) is 7.13. The second kappa shape index (κ2) is 5.92. The second-order valence-corrected chi connectivity index (χ2v) is 4.71. The molecule has 0 fully saturated rings. The largest absolute Gasteiger partial charge is 0.392 e. The van der Waals surface area contributed by atoms with E-state index in [1.54, 1.807) is 24.9 Å². The molecule has 2 atom stereocenters. The molecule has 2 N–H and O–H groups in total. The third-order valence-electron chi connectivity index (χ3n) is 1.95. The lowest BCUT2D eigenvalue weighted by Gasteiger charge is -2.13. The number of nitrogens with zero attached hydrogens (tertiary/aromatic N) is 2. The molecule has 0 aromatic carbocycles. The van der Waals surface area contributed by atoms with Crippen molar-refractivity contribution in [2.75, 3.05) is 11.9 Å². The molecule has 1 rings (SSSR count). The molecular weight excluding hydrogens is 210 g/mol. The van der Waals surface area contributed by atoms with E-state index in [2.05, 4.69) is 15.3 Å². The molecule has 0 saturated heterocycles. The van der Waals surface area contributed by atoms with Crippen LogP contribution < -0.4 is 5.32 Å². The summed E-state index contributed by atoms with van der Waals surface area (Å²) in [5.74, 6) is 0.639. The molecule has 1 aromatic heterocycles. The smallest absolute Gasteiger partial charge is 0.223 e. The Balaban J connectivity index is 2.64. The number of rotatable bonds is 5. The topological polar surface area (TPSA) is 58.0 Å². The van der Waals surface area contributed by atoms with Gasteiger partial charge in [-0.15, -0.1) is 11.8 Å². The van der Waals surface area contributed by atoms with Gasteiger partial charge in [-0.1, -0.05) is 6.92 Å². The van der Waals surface area contributed by atoms with E-state index in [4.69, 9.17) is 0 Å². The molecule has 0 bridgehead atoms. The summed E-state index contributed by atoms with van der Waals surface area (Å²) in [4.78, 5) is 8.40. The molecule has 1 aromatic rings. The van der Waals surface area contributed by atoms with Crippen molar-refractivity contribution in [3.05, 3.63) is 12.3 Å². The van der Waals surface area contributed by atoms with Crippen LogP contribution in [0.2, 0.25) is 0 Å². The summed E-state index contributed by atoms with van der Waals surface area (Å²) in [5.41, 5.74) is 0. The van der Waals surface area contributed by atoms with E-state index in [0.29, 0.717) is 5.95 Å². The molecule has 84 valence electrons. The minimum atomic E-state index is -0.340. The SMILES string of the molecule is CCNc1nccc(SC(C)C(C)O)n1. The van der Waals surface area contributed by atoms with Gasteiger partial charge >= 0.3 is 0 Å². The molecule has 2 unspecified atom stereocenters. The van der Waals surface area contributed by atoms with Crippen LogP contribution in [0.4, 0.5) is 5.95 Å². The highest BCUT2D eigenvalue weighted by atomic mass is 32.2. The fourth-order valence-corrected chi connectivity index (χ4v) is 1.80. The van der Waals surface area contributed by atoms with E-state index >= 15 is 0 Å². The van der Waals surface area contributed by atoms with Gasteiger partial charge in [0.1, 0.15) is 5.03 Å². The Hall–Kier alpha value is -0.810. The summed E-state index contributed by atoms with van der Waals surface area (Å²) >= 11 is 1.55. The Morgan fingerprint density at radius 1 is 1.53 bits per heavy atom. The quantitative estimate of drug-likeness (QED) is 0.593. The molecule has 0 aliphatic heterocycles. The summed E-state index contributed by atoms with van der Waals surface area (Å²) in [7, 11) is 0. The maximum Gasteiger partial charge on any atom is 0.223 e. The summed E-state index contributed by atoms with van der Waals surface area (Å²) in [5, 5.41) is 13.4. The van der Waals surface area contributed by atoms with E-state index in [1.165, 1.54) is 0 Å². The van der Waals surface area contributed by atoms with E-state index in [0.717, 1.165) is 11.6 Å². The highest BCUT2D eigenvalue weighted by Crippen LogP contribution is 2.23. The molecule has 4 nitrogen and oxygen atoms in total. The van der Waals surface area contributed by atoms with Crippen LogP contribution in [-0.4, -0.2) is 33.0 Å². The Kier molecular flexibility index (Phi) is 4.84. The fraction of sp³-hybridized carbons (Fsp3) is 0.600. The van der Waals surface area contributed by atoms with Gasteiger partial charge in [0.25, 0.3) is 0 Å². The molecule has 0 amide bonds. The first-order valence-electron chi connectivity index (χ1n) is 5.05. The molecule has 0 aliphatic rings. The van der Waals surface area contributed by atoms with Crippen LogP contribution in [0.15, 0.2) is 17.3 Å². The Morgan fingerprint density at radius 3 is 2.87 bits per heavy atom. The highest BCUT2D eigenvalue weighted by molar-refractivity contribution is 7.99. The average Bonchev–Trinajstić information content (AvgIpc) is 2.18.